The molecule has 3 aliphatic heterocycles. The number of rotatable bonds is 31. The number of hydrogen-bond donors (Lipinski definition) is 5. The molecule has 2 saturated heterocycles. The van der Waals surface area contributed by atoms with Crippen LogP contribution >= 0.6 is 0 Å². The number of aliphatic hydroxyl groups excluding tert-OH is 1. The Bertz CT molecular complexity index is 2410. The van der Waals surface area contributed by atoms with Crippen molar-refractivity contribution in [2.75, 3.05) is 79.7 Å². The molecule has 5 N–H and O–H groups in total. The van der Waals surface area contributed by atoms with E-state index in [0.717, 1.165) is 11.3 Å². The lowest BCUT2D eigenvalue weighted by Gasteiger charge is -2.41. The number of hydrogen-bond acceptors (Lipinski definition) is 15. The predicted molar refractivity (Wildman–Crippen MR) is 296 cm³/mol. The van der Waals surface area contributed by atoms with Gasteiger partial charge in [0.2, 0.25) is 35.4 Å². The summed E-state index contributed by atoms with van der Waals surface area (Å²) in [5, 5.41) is 22.3. The van der Waals surface area contributed by atoms with Crippen molar-refractivity contribution in [3.63, 3.8) is 0 Å². The molecule has 0 radical (unpaired) electrons. The first kappa shape index (κ1) is 64.0. The monoisotopic (exact) mass is 1100 g/mol. The van der Waals surface area contributed by atoms with Gasteiger partial charge < -0.3 is 49.8 Å². The van der Waals surface area contributed by atoms with E-state index in [1.165, 1.54) is 20.3 Å². The average molecular weight is 1110 g/mol. The van der Waals surface area contributed by atoms with E-state index >= 15 is 0 Å². The van der Waals surface area contributed by atoms with Gasteiger partial charge in [-0.3, -0.25) is 53.5 Å². The van der Waals surface area contributed by atoms with Gasteiger partial charge in [-0.1, -0.05) is 91.3 Å². The van der Waals surface area contributed by atoms with Crippen molar-refractivity contribution >= 4 is 52.9 Å². The summed E-state index contributed by atoms with van der Waals surface area (Å²) in [5.74, 6) is -4.53. The number of anilines is 1. The molecule has 1 unspecified atom stereocenters. The number of fused-ring (bicyclic) bond motifs is 1. The van der Waals surface area contributed by atoms with Gasteiger partial charge in [-0.15, -0.1) is 0 Å². The normalized spacial score (nSPS) is 20.1. The Labute approximate surface area is 466 Å². The van der Waals surface area contributed by atoms with E-state index in [2.05, 4.69) is 21.3 Å². The van der Waals surface area contributed by atoms with Crippen LogP contribution < -0.4 is 21.3 Å². The van der Waals surface area contributed by atoms with E-state index in [4.69, 9.17) is 18.9 Å². The summed E-state index contributed by atoms with van der Waals surface area (Å²) in [6.07, 6.45) is -0.128. The van der Waals surface area contributed by atoms with Gasteiger partial charge in [0.25, 0.3) is 11.8 Å². The highest BCUT2D eigenvalue weighted by molar-refractivity contribution is 6.25. The Morgan fingerprint density at radius 1 is 0.810 bits per heavy atom. The Balaban J connectivity index is 1.11. The van der Waals surface area contributed by atoms with Crippen molar-refractivity contribution in [1.82, 2.24) is 35.6 Å². The van der Waals surface area contributed by atoms with E-state index in [0.29, 0.717) is 50.3 Å². The SMILES string of the molecule is CC[C@H](C)[C@@H]([C@@H](CC(=O)N1CCC[C@H]1[C@H](OC)[C@@H](C)C(=O)N[C@H](C)[C@@H](O)c1ccccc1)OC)N(C)C(=O)[C@@H](NC(=O)[C@H](C(C)C)N(C)CCOCCOCCNc1cccc2c1C(=O)N(C1CCC(=O)NC1=O)C2=O)C(C)C. The molecule has 2 fully saturated rings. The molecule has 11 atom stereocenters. The zero-order valence-corrected chi connectivity index (χ0v) is 48.5. The van der Waals surface area contributed by atoms with Gasteiger partial charge in [-0.2, -0.15) is 0 Å². The molecule has 8 amide bonds. The van der Waals surface area contributed by atoms with Crippen LogP contribution in [0.25, 0.3) is 0 Å². The summed E-state index contributed by atoms with van der Waals surface area (Å²) in [6, 6.07) is 9.95. The van der Waals surface area contributed by atoms with Crippen LogP contribution in [0.2, 0.25) is 0 Å². The molecule has 2 aromatic rings. The van der Waals surface area contributed by atoms with E-state index in [1.54, 1.807) is 55.0 Å². The summed E-state index contributed by atoms with van der Waals surface area (Å²) < 4.78 is 23.7. The third-order valence-electron chi connectivity index (χ3n) is 15.8. The van der Waals surface area contributed by atoms with Crippen molar-refractivity contribution in [3.05, 3.63) is 65.2 Å². The molecular weight excluding hydrogens is 1020 g/mol. The molecule has 0 aliphatic carbocycles. The molecule has 2 aromatic carbocycles. The van der Waals surface area contributed by atoms with Crippen LogP contribution in [0.4, 0.5) is 5.69 Å². The van der Waals surface area contributed by atoms with Gasteiger partial charge in [0, 0.05) is 53.0 Å². The number of carbonyl (C=O) groups excluding carboxylic acids is 8. The minimum Gasteiger partial charge on any atom is -0.386 e. The second-order valence-electron chi connectivity index (χ2n) is 22.0. The number of amides is 8. The Morgan fingerprint density at radius 3 is 2.11 bits per heavy atom. The first-order valence-electron chi connectivity index (χ1n) is 28.0. The van der Waals surface area contributed by atoms with E-state index in [1.807, 2.05) is 71.7 Å². The van der Waals surface area contributed by atoms with Gasteiger partial charge in [-0.25, -0.2) is 0 Å². The minimum absolute atomic E-state index is 0.0275. The number of likely N-dealkylation sites (N-methyl/N-ethyl adjacent to an activating group) is 2. The maximum absolute atomic E-state index is 14.7. The molecule has 0 aromatic heterocycles. The van der Waals surface area contributed by atoms with Crippen molar-refractivity contribution < 1.29 is 62.4 Å². The number of piperidine rings is 1. The molecule has 21 nitrogen and oxygen atoms in total. The summed E-state index contributed by atoms with van der Waals surface area (Å²) >= 11 is 0. The van der Waals surface area contributed by atoms with Gasteiger partial charge in [0.05, 0.1) is 92.4 Å². The zero-order valence-electron chi connectivity index (χ0n) is 48.5. The number of benzene rings is 2. The second-order valence-corrected chi connectivity index (χ2v) is 22.0. The van der Waals surface area contributed by atoms with Gasteiger partial charge >= 0.3 is 0 Å². The Hall–Kier alpha value is -5.84. The number of likely N-dealkylation sites (tertiary alicyclic amines) is 1. The largest absolute Gasteiger partial charge is 0.386 e. The molecule has 438 valence electrons. The first-order chi connectivity index (χ1) is 37.6. The van der Waals surface area contributed by atoms with Crippen LogP contribution in [0.5, 0.6) is 0 Å². The smallest absolute Gasteiger partial charge is 0.264 e. The topological polar surface area (TPSA) is 255 Å². The lowest BCUT2D eigenvalue weighted by molar-refractivity contribution is -0.148. The van der Waals surface area contributed by atoms with Crippen LogP contribution in [0, 0.1) is 23.7 Å². The van der Waals surface area contributed by atoms with Crippen molar-refractivity contribution in [3.8, 4) is 0 Å². The fourth-order valence-corrected chi connectivity index (χ4v) is 11.3. The van der Waals surface area contributed by atoms with Crippen LogP contribution in [-0.2, 0) is 47.7 Å². The Kier molecular flexibility index (Phi) is 24.4. The molecule has 79 heavy (non-hydrogen) atoms. The third-order valence-corrected chi connectivity index (χ3v) is 15.8. The second kappa shape index (κ2) is 30.1. The quantitative estimate of drug-likeness (QED) is 0.0532. The van der Waals surface area contributed by atoms with Crippen LogP contribution in [0.15, 0.2) is 48.5 Å². The lowest BCUT2D eigenvalue weighted by atomic mass is 9.89. The molecule has 0 bridgehead atoms. The van der Waals surface area contributed by atoms with E-state index < -0.39 is 84.1 Å². The highest BCUT2D eigenvalue weighted by Crippen LogP contribution is 2.33. The van der Waals surface area contributed by atoms with Crippen LogP contribution in [0.3, 0.4) is 0 Å². The first-order valence-corrected chi connectivity index (χ1v) is 28.0. The molecule has 21 heteroatoms. The van der Waals surface area contributed by atoms with E-state index in [-0.39, 0.29) is 91.6 Å². The number of methoxy groups -OCH3 is 2. The average Bonchev–Trinajstić information content (AvgIpc) is 4.23. The highest BCUT2D eigenvalue weighted by atomic mass is 16.5. The van der Waals surface area contributed by atoms with E-state index in [9.17, 15) is 43.5 Å². The highest BCUT2D eigenvalue weighted by Gasteiger charge is 2.47. The zero-order chi connectivity index (χ0) is 58.2. The number of nitrogens with zero attached hydrogens (tertiary/aromatic N) is 4. The minimum atomic E-state index is -1.06. The number of imide groups is 2. The number of ether oxygens (including phenoxy) is 4. The van der Waals surface area contributed by atoms with Crippen molar-refractivity contribution in [2.45, 2.75) is 148 Å². The third kappa shape index (κ3) is 16.0. The molecule has 0 saturated carbocycles. The van der Waals surface area contributed by atoms with Crippen LogP contribution in [0.1, 0.15) is 126 Å². The van der Waals surface area contributed by atoms with Gasteiger partial charge in [0.15, 0.2) is 0 Å². The molecule has 0 spiro atoms. The Morgan fingerprint density at radius 2 is 1.49 bits per heavy atom. The van der Waals surface area contributed by atoms with Gasteiger partial charge in [-0.05, 0) is 68.7 Å². The molecule has 5 rings (SSSR count). The molecule has 3 aliphatic rings. The summed E-state index contributed by atoms with van der Waals surface area (Å²) in [7, 11) is 6.62. The molecular formula is C58H88N8O13. The number of aliphatic hydroxyl groups is 1. The summed E-state index contributed by atoms with van der Waals surface area (Å²) in [6.45, 7) is 17.5. The van der Waals surface area contributed by atoms with Gasteiger partial charge in [0.1, 0.15) is 12.1 Å². The summed E-state index contributed by atoms with van der Waals surface area (Å²) in [4.78, 5) is 114. The maximum Gasteiger partial charge on any atom is 0.264 e. The standard InChI is InChI=1S/C58H88N8O13/c1-13-36(6)50(44(76-11)33-46(68)65-27-18-23-42(65)52(77-12)37(7)53(70)60-38(8)51(69)39-19-15-14-16-20-39)64(10)58(75)48(34(2)3)62-55(72)49(35(4)5)63(9)28-30-79-32-31-78-29-26-59-41-22-17-21-40-47(41)57(74)66(56(40)73)43-24-25-45(67)61-54(43)71/h14-17,19-22,34-38,42-44,48-52,59,69H,13,18,23-33H2,1-12H3,(H,60,70)(H,62,72)(H,61,67,71)/t36-,37+,38+,42-,43?,44+,48-,49-,50-,51+,52+/m0/s1. The number of nitrogens with one attached hydrogen (secondary N) is 4. The van der Waals surface area contributed by atoms with Crippen molar-refractivity contribution in [1.29, 1.82) is 0 Å². The fraction of sp³-hybridized carbons (Fsp3) is 0.655. The molecule has 3 heterocycles. The number of carbonyl (C=O) groups is 8. The summed E-state index contributed by atoms with van der Waals surface area (Å²) in [5.41, 5.74) is 1.47. The van der Waals surface area contributed by atoms with Crippen molar-refractivity contribution in [2.24, 2.45) is 23.7 Å². The van der Waals surface area contributed by atoms with Crippen LogP contribution in [-0.4, -0.2) is 195 Å². The fourth-order valence-electron chi connectivity index (χ4n) is 11.3. The lowest BCUT2D eigenvalue weighted by Crippen LogP contribution is -2.60. The predicted octanol–water partition coefficient (Wildman–Crippen LogP) is 3.79. The maximum atomic E-state index is 14.7.